The summed E-state index contributed by atoms with van der Waals surface area (Å²) in [5.41, 5.74) is 10.9. The molecule has 0 unspecified atom stereocenters. The molecule has 0 saturated carbocycles. The summed E-state index contributed by atoms with van der Waals surface area (Å²) in [5.74, 6) is 2.03. The second-order valence-corrected chi connectivity index (χ2v) is 14.1. The van der Waals surface area contributed by atoms with Gasteiger partial charge in [0.25, 0.3) is 5.56 Å². The zero-order valence-electron chi connectivity index (χ0n) is 28.8. The van der Waals surface area contributed by atoms with Crippen LogP contribution < -0.4 is 15.0 Å². The Morgan fingerprint density at radius 1 is 0.680 bits per heavy atom. The summed E-state index contributed by atoms with van der Waals surface area (Å²) in [6.45, 7) is 6.59. The van der Waals surface area contributed by atoms with Crippen molar-refractivity contribution in [3.8, 4) is 22.6 Å². The topological polar surface area (TPSA) is 100 Å². The third-order valence-electron chi connectivity index (χ3n) is 9.05. The number of carbonyl (C=O) groups excluding carboxylic acids is 2. The van der Waals surface area contributed by atoms with Gasteiger partial charge in [-0.1, -0.05) is 34.1 Å². The summed E-state index contributed by atoms with van der Waals surface area (Å²) >= 11 is 3.51. The first-order valence-electron chi connectivity index (χ1n) is 16.8. The second kappa shape index (κ2) is 15.3. The molecule has 0 saturated heterocycles. The van der Waals surface area contributed by atoms with Gasteiger partial charge in [-0.15, -0.1) is 0 Å². The van der Waals surface area contributed by atoms with Crippen LogP contribution in [0.4, 0.5) is 0 Å². The van der Waals surface area contributed by atoms with Gasteiger partial charge in [0.15, 0.2) is 0 Å². The van der Waals surface area contributed by atoms with Crippen LogP contribution in [-0.2, 0) is 55.5 Å². The Hall–Kier alpha value is -4.89. The predicted octanol–water partition coefficient (Wildman–Crippen LogP) is 7.49. The van der Waals surface area contributed by atoms with Gasteiger partial charge in [0.2, 0.25) is 0 Å². The van der Waals surface area contributed by atoms with Crippen LogP contribution in [0, 0.1) is 20.8 Å². The highest BCUT2D eigenvalue weighted by Crippen LogP contribution is 2.35. The lowest BCUT2D eigenvalue weighted by Crippen LogP contribution is -2.18. The van der Waals surface area contributed by atoms with E-state index >= 15 is 0 Å². The number of rotatable bonds is 7. The molecule has 3 heterocycles. The Kier molecular flexibility index (Phi) is 10.7. The van der Waals surface area contributed by atoms with E-state index in [0.29, 0.717) is 50.9 Å². The lowest BCUT2D eigenvalue weighted by Gasteiger charge is -2.21. The van der Waals surface area contributed by atoms with E-state index in [0.717, 1.165) is 72.7 Å². The van der Waals surface area contributed by atoms with Crippen LogP contribution >= 0.6 is 15.9 Å². The molecule has 8 nitrogen and oxygen atoms in total. The fraction of sp³-hybridized carbons (Fsp3) is 0.293. The number of aromatic nitrogens is 3. The van der Waals surface area contributed by atoms with Crippen LogP contribution in [0.15, 0.2) is 82.5 Å². The lowest BCUT2D eigenvalue weighted by molar-refractivity contribution is -0.119. The predicted molar refractivity (Wildman–Crippen MR) is 197 cm³/mol. The van der Waals surface area contributed by atoms with Gasteiger partial charge in [0.05, 0.1) is 11.4 Å². The Morgan fingerprint density at radius 3 is 1.74 bits per heavy atom. The molecule has 0 atom stereocenters. The average Bonchev–Trinajstić information content (AvgIpc) is 3.10. The molecular formula is C41H40BrN3O5. The number of halogens is 1. The van der Waals surface area contributed by atoms with Crippen molar-refractivity contribution in [3.05, 3.63) is 138 Å². The third kappa shape index (κ3) is 8.45. The molecule has 2 aliphatic carbocycles. The normalized spacial score (nSPS) is 13.5. The van der Waals surface area contributed by atoms with E-state index in [2.05, 4.69) is 38.0 Å². The van der Waals surface area contributed by atoms with Crippen molar-refractivity contribution in [1.82, 2.24) is 14.5 Å². The van der Waals surface area contributed by atoms with E-state index in [1.807, 2.05) is 81.8 Å². The van der Waals surface area contributed by atoms with Crippen molar-refractivity contribution < 1.29 is 19.1 Å². The average molecular weight is 735 g/mol. The zero-order valence-corrected chi connectivity index (χ0v) is 30.4. The van der Waals surface area contributed by atoms with Crippen molar-refractivity contribution in [2.45, 2.75) is 72.5 Å². The molecule has 5 aromatic rings. The van der Waals surface area contributed by atoms with Crippen LogP contribution in [0.2, 0.25) is 0 Å². The molecule has 256 valence electrons. The molecule has 7 rings (SSSR count). The minimum atomic E-state index is -0.000717. The number of pyridine rings is 3. The Balaban J connectivity index is 0.000000182. The number of ketones is 2. The number of hydrogen-bond donors (Lipinski definition) is 0. The van der Waals surface area contributed by atoms with Crippen molar-refractivity contribution >= 4 is 27.5 Å². The number of aryl methyl sites for hydroxylation is 6. The molecule has 0 bridgehead atoms. The van der Waals surface area contributed by atoms with E-state index in [4.69, 9.17) is 9.47 Å². The highest BCUT2D eigenvalue weighted by molar-refractivity contribution is 9.10. The van der Waals surface area contributed by atoms with Gasteiger partial charge < -0.3 is 14.0 Å². The van der Waals surface area contributed by atoms with Crippen molar-refractivity contribution in [3.63, 3.8) is 0 Å². The molecule has 9 heteroatoms. The Morgan fingerprint density at radius 2 is 1.22 bits per heavy atom. The number of Topliss-reactive ketones (excluding diaryl/α,β-unsaturated/α-hetero) is 2. The van der Waals surface area contributed by atoms with Gasteiger partial charge in [-0.3, -0.25) is 24.4 Å². The molecule has 0 radical (unpaired) electrons. The summed E-state index contributed by atoms with van der Waals surface area (Å²) in [5, 5.41) is 0. The largest absolute Gasteiger partial charge is 0.487 e. The van der Waals surface area contributed by atoms with Gasteiger partial charge in [0.1, 0.15) is 36.3 Å². The summed E-state index contributed by atoms with van der Waals surface area (Å²) in [6, 6.07) is 18.0. The standard InChI is InChI=1S/C24H24N2O3.C17H16BrNO2/c1-15-4-6-20(25-12-15)14-29-23-10-18(9-17-5-7-21(27)11-22(17)23)19-8-16(2)24(28)26(3)13-19;1-11-2-4-14(19-9-11)10-21-17-7-13(18)6-12-3-5-15(20)8-16(12)17/h4,6,8-10,12-13H,5,7,11,14H2,1-3H3;2,4,6-7,9H,3,5,8,10H2,1H3. The Labute approximate surface area is 300 Å². The molecule has 0 amide bonds. The van der Waals surface area contributed by atoms with E-state index in [1.165, 1.54) is 5.56 Å². The van der Waals surface area contributed by atoms with E-state index in [-0.39, 0.29) is 17.1 Å². The summed E-state index contributed by atoms with van der Waals surface area (Å²) in [4.78, 5) is 44.6. The monoisotopic (exact) mass is 733 g/mol. The maximum absolute atomic E-state index is 12.1. The van der Waals surface area contributed by atoms with E-state index < -0.39 is 0 Å². The summed E-state index contributed by atoms with van der Waals surface area (Å²) < 4.78 is 14.6. The highest BCUT2D eigenvalue weighted by atomic mass is 79.9. The first kappa shape index (κ1) is 35.0. The fourth-order valence-corrected chi connectivity index (χ4v) is 6.75. The first-order chi connectivity index (χ1) is 24.0. The molecule has 50 heavy (non-hydrogen) atoms. The van der Waals surface area contributed by atoms with Crippen LogP contribution in [-0.4, -0.2) is 26.1 Å². The Bertz CT molecular complexity index is 2090. The SMILES string of the molecule is Cc1ccc(COc2cc(-c3cc(C)c(=O)n(C)c3)cc3c2CC(=O)CC3)nc1.Cc1ccc(COc2cc(Br)cc3c2CC(=O)CC3)nc1. The van der Waals surface area contributed by atoms with E-state index in [9.17, 15) is 14.4 Å². The van der Waals surface area contributed by atoms with Gasteiger partial charge in [-0.25, -0.2) is 0 Å². The maximum atomic E-state index is 12.1. The molecule has 3 aromatic heterocycles. The summed E-state index contributed by atoms with van der Waals surface area (Å²) in [7, 11) is 1.76. The number of fused-ring (bicyclic) bond motifs is 2. The van der Waals surface area contributed by atoms with E-state index in [1.54, 1.807) is 11.6 Å². The zero-order chi connectivity index (χ0) is 35.4. The van der Waals surface area contributed by atoms with Crippen molar-refractivity contribution in [2.75, 3.05) is 0 Å². The van der Waals surface area contributed by atoms with Gasteiger partial charge >= 0.3 is 0 Å². The molecule has 0 spiro atoms. The maximum Gasteiger partial charge on any atom is 0.253 e. The smallest absolute Gasteiger partial charge is 0.253 e. The number of nitrogens with zero attached hydrogens (tertiary/aromatic N) is 3. The van der Waals surface area contributed by atoms with Crippen LogP contribution in [0.3, 0.4) is 0 Å². The molecule has 0 fully saturated rings. The highest BCUT2D eigenvalue weighted by Gasteiger charge is 2.22. The van der Waals surface area contributed by atoms with Gasteiger partial charge in [0, 0.05) is 72.5 Å². The van der Waals surface area contributed by atoms with Crippen molar-refractivity contribution in [2.24, 2.45) is 7.05 Å². The first-order valence-corrected chi connectivity index (χ1v) is 17.6. The lowest BCUT2D eigenvalue weighted by atomic mass is 9.87. The quantitative estimate of drug-likeness (QED) is 0.171. The number of benzene rings is 2. The fourth-order valence-electron chi connectivity index (χ4n) is 6.27. The van der Waals surface area contributed by atoms with Gasteiger partial charge in [-0.2, -0.15) is 0 Å². The van der Waals surface area contributed by atoms with Crippen molar-refractivity contribution in [1.29, 1.82) is 0 Å². The molecule has 0 N–H and O–H groups in total. The third-order valence-corrected chi connectivity index (χ3v) is 9.51. The minimum Gasteiger partial charge on any atom is -0.487 e. The minimum absolute atomic E-state index is 0.000717. The van der Waals surface area contributed by atoms with Crippen LogP contribution in [0.25, 0.3) is 11.1 Å². The van der Waals surface area contributed by atoms with Crippen LogP contribution in [0.1, 0.15) is 63.2 Å². The number of carbonyl (C=O) groups is 2. The molecular weight excluding hydrogens is 694 g/mol. The number of ether oxygens (including phenoxy) is 2. The van der Waals surface area contributed by atoms with Crippen LogP contribution in [0.5, 0.6) is 11.5 Å². The molecule has 2 aliphatic rings. The number of hydrogen-bond acceptors (Lipinski definition) is 7. The molecule has 2 aromatic carbocycles. The second-order valence-electron chi connectivity index (χ2n) is 13.1. The summed E-state index contributed by atoms with van der Waals surface area (Å²) in [6.07, 6.45) is 9.07. The van der Waals surface area contributed by atoms with Gasteiger partial charge in [-0.05, 0) is 103 Å². The molecule has 0 aliphatic heterocycles.